The van der Waals surface area contributed by atoms with Crippen molar-refractivity contribution in [2.75, 3.05) is 30.8 Å². The van der Waals surface area contributed by atoms with Gasteiger partial charge < -0.3 is 20.7 Å². The van der Waals surface area contributed by atoms with E-state index in [1.807, 2.05) is 4.90 Å². The molecule has 1 amide bonds. The molecule has 3 N–H and O–H groups in total. The van der Waals surface area contributed by atoms with Gasteiger partial charge in [0.2, 0.25) is 5.95 Å². The lowest BCUT2D eigenvalue weighted by molar-refractivity contribution is 0.167. The molecule has 1 unspecified atom stereocenters. The third-order valence-electron chi connectivity index (χ3n) is 2.64. The standard InChI is InChI=1S/C10H15N5O2/c1-17-10(16)13-7-3-5-15(6-7)9-12-4-2-8(11)14-9/h2,4,7H,3,5-6H2,1H3,(H,13,16)(H2,11,12,14). The van der Waals surface area contributed by atoms with E-state index >= 15 is 0 Å². The summed E-state index contributed by atoms with van der Waals surface area (Å²) in [5.74, 6) is 1.04. The van der Waals surface area contributed by atoms with Crippen LogP contribution in [0.15, 0.2) is 12.3 Å². The zero-order valence-electron chi connectivity index (χ0n) is 9.59. The first-order chi connectivity index (χ1) is 8.19. The van der Waals surface area contributed by atoms with E-state index in [4.69, 9.17) is 5.73 Å². The number of anilines is 2. The largest absolute Gasteiger partial charge is 0.453 e. The Morgan fingerprint density at radius 3 is 3.24 bits per heavy atom. The fourth-order valence-electron chi connectivity index (χ4n) is 1.80. The number of nitrogens with two attached hydrogens (primary N) is 1. The predicted octanol–water partition coefficient (Wildman–Crippen LogP) is -0.00650. The highest BCUT2D eigenvalue weighted by molar-refractivity contribution is 5.67. The molecular formula is C10H15N5O2. The van der Waals surface area contributed by atoms with Crippen molar-refractivity contribution in [2.24, 2.45) is 0 Å². The molecule has 92 valence electrons. The average Bonchev–Trinajstić information content (AvgIpc) is 2.77. The molecule has 7 nitrogen and oxygen atoms in total. The molecule has 0 bridgehead atoms. The number of nitrogens with zero attached hydrogens (tertiary/aromatic N) is 3. The smallest absolute Gasteiger partial charge is 0.407 e. The summed E-state index contributed by atoms with van der Waals surface area (Å²) in [5, 5.41) is 2.75. The highest BCUT2D eigenvalue weighted by atomic mass is 16.5. The van der Waals surface area contributed by atoms with Gasteiger partial charge in [0.05, 0.1) is 13.2 Å². The number of ether oxygens (including phenoxy) is 1. The van der Waals surface area contributed by atoms with Crippen LogP contribution >= 0.6 is 0 Å². The Balaban J connectivity index is 1.96. The number of aromatic nitrogens is 2. The molecule has 0 aromatic carbocycles. The maximum atomic E-state index is 11.1. The van der Waals surface area contributed by atoms with E-state index in [-0.39, 0.29) is 6.04 Å². The predicted molar refractivity (Wildman–Crippen MR) is 62.6 cm³/mol. The van der Waals surface area contributed by atoms with E-state index in [2.05, 4.69) is 20.0 Å². The first kappa shape index (κ1) is 11.4. The van der Waals surface area contributed by atoms with Gasteiger partial charge in [0.25, 0.3) is 0 Å². The monoisotopic (exact) mass is 237 g/mol. The number of carbonyl (C=O) groups excluding carboxylic acids is 1. The van der Waals surface area contributed by atoms with Gasteiger partial charge in [0.15, 0.2) is 0 Å². The Labute approximate surface area is 99.0 Å². The van der Waals surface area contributed by atoms with Crippen LogP contribution in [0, 0.1) is 0 Å². The summed E-state index contributed by atoms with van der Waals surface area (Å²) in [5.41, 5.74) is 5.60. The molecule has 1 aromatic heterocycles. The molecule has 2 rings (SSSR count). The molecule has 1 atom stereocenters. The van der Waals surface area contributed by atoms with Gasteiger partial charge >= 0.3 is 6.09 Å². The molecule has 0 aliphatic carbocycles. The molecule has 1 aliphatic heterocycles. The van der Waals surface area contributed by atoms with E-state index in [0.717, 1.165) is 13.0 Å². The second-order valence-corrected chi connectivity index (χ2v) is 3.85. The van der Waals surface area contributed by atoms with Gasteiger partial charge in [0.1, 0.15) is 5.82 Å². The van der Waals surface area contributed by atoms with Crippen molar-refractivity contribution in [1.82, 2.24) is 15.3 Å². The third-order valence-corrected chi connectivity index (χ3v) is 2.64. The van der Waals surface area contributed by atoms with E-state index < -0.39 is 6.09 Å². The van der Waals surface area contributed by atoms with Crippen LogP contribution in [0.5, 0.6) is 0 Å². The fraction of sp³-hybridized carbons (Fsp3) is 0.500. The number of carbonyl (C=O) groups is 1. The number of rotatable bonds is 2. The maximum Gasteiger partial charge on any atom is 0.407 e. The second-order valence-electron chi connectivity index (χ2n) is 3.85. The number of nitrogen functional groups attached to an aromatic ring is 1. The maximum absolute atomic E-state index is 11.1. The lowest BCUT2D eigenvalue weighted by Crippen LogP contribution is -2.37. The minimum absolute atomic E-state index is 0.0625. The number of nitrogens with one attached hydrogen (secondary N) is 1. The van der Waals surface area contributed by atoms with Gasteiger partial charge in [-0.25, -0.2) is 9.78 Å². The molecule has 1 saturated heterocycles. The topological polar surface area (TPSA) is 93.4 Å². The zero-order valence-corrected chi connectivity index (χ0v) is 9.59. The van der Waals surface area contributed by atoms with Crippen molar-refractivity contribution < 1.29 is 9.53 Å². The lowest BCUT2D eigenvalue weighted by atomic mass is 10.3. The van der Waals surface area contributed by atoms with E-state index in [9.17, 15) is 4.79 Å². The summed E-state index contributed by atoms with van der Waals surface area (Å²) >= 11 is 0. The third kappa shape index (κ3) is 2.74. The first-order valence-corrected chi connectivity index (χ1v) is 5.37. The Morgan fingerprint density at radius 1 is 1.71 bits per heavy atom. The fourth-order valence-corrected chi connectivity index (χ4v) is 1.80. The minimum atomic E-state index is -0.412. The van der Waals surface area contributed by atoms with Gasteiger partial charge in [-0.2, -0.15) is 4.98 Å². The molecule has 7 heteroatoms. The zero-order chi connectivity index (χ0) is 12.3. The highest BCUT2D eigenvalue weighted by Gasteiger charge is 2.25. The van der Waals surface area contributed by atoms with Crippen molar-refractivity contribution in [1.29, 1.82) is 0 Å². The molecule has 17 heavy (non-hydrogen) atoms. The number of hydrogen-bond donors (Lipinski definition) is 2. The molecule has 0 spiro atoms. The van der Waals surface area contributed by atoms with Crippen LogP contribution in [0.1, 0.15) is 6.42 Å². The van der Waals surface area contributed by atoms with Gasteiger partial charge in [-0.3, -0.25) is 0 Å². The van der Waals surface area contributed by atoms with E-state index in [1.54, 1.807) is 12.3 Å². The molecule has 1 fully saturated rings. The first-order valence-electron chi connectivity index (χ1n) is 5.37. The lowest BCUT2D eigenvalue weighted by Gasteiger charge is -2.16. The van der Waals surface area contributed by atoms with Crippen LogP contribution in [0.25, 0.3) is 0 Å². The number of amides is 1. The van der Waals surface area contributed by atoms with Gasteiger partial charge in [-0.1, -0.05) is 0 Å². The Bertz CT molecular complexity index is 411. The summed E-state index contributed by atoms with van der Waals surface area (Å²) in [6, 6.07) is 1.71. The van der Waals surface area contributed by atoms with Crippen LogP contribution in [-0.4, -0.2) is 42.3 Å². The SMILES string of the molecule is COC(=O)NC1CCN(c2nccc(N)n2)C1. The summed E-state index contributed by atoms with van der Waals surface area (Å²) < 4.78 is 4.55. The number of methoxy groups -OCH3 is 1. The average molecular weight is 237 g/mol. The summed E-state index contributed by atoms with van der Waals surface area (Å²) in [7, 11) is 1.35. The van der Waals surface area contributed by atoms with Crippen LogP contribution in [0.2, 0.25) is 0 Å². The van der Waals surface area contributed by atoms with E-state index in [1.165, 1.54) is 7.11 Å². The van der Waals surface area contributed by atoms with E-state index in [0.29, 0.717) is 18.3 Å². The van der Waals surface area contributed by atoms with Crippen LogP contribution in [0.3, 0.4) is 0 Å². The summed E-state index contributed by atoms with van der Waals surface area (Å²) in [4.78, 5) is 21.3. The Hall–Kier alpha value is -2.05. The van der Waals surface area contributed by atoms with Crippen LogP contribution in [0.4, 0.5) is 16.6 Å². The highest BCUT2D eigenvalue weighted by Crippen LogP contribution is 2.16. The molecule has 1 aliphatic rings. The Kier molecular flexibility index (Phi) is 3.27. The van der Waals surface area contributed by atoms with Crippen LogP contribution < -0.4 is 16.0 Å². The normalized spacial score (nSPS) is 19.1. The molecule has 0 saturated carbocycles. The molecule has 2 heterocycles. The number of hydrogen-bond acceptors (Lipinski definition) is 6. The van der Waals surface area contributed by atoms with Gasteiger partial charge in [0, 0.05) is 19.3 Å². The molecule has 0 radical (unpaired) electrons. The Morgan fingerprint density at radius 2 is 2.53 bits per heavy atom. The quantitative estimate of drug-likeness (QED) is 0.751. The summed E-state index contributed by atoms with van der Waals surface area (Å²) in [6.07, 6.45) is 2.05. The van der Waals surface area contributed by atoms with Crippen molar-refractivity contribution in [3.8, 4) is 0 Å². The van der Waals surface area contributed by atoms with Crippen molar-refractivity contribution >= 4 is 17.9 Å². The van der Waals surface area contributed by atoms with Crippen LogP contribution in [-0.2, 0) is 4.74 Å². The van der Waals surface area contributed by atoms with Gasteiger partial charge in [-0.05, 0) is 12.5 Å². The molecule has 1 aromatic rings. The molecular weight excluding hydrogens is 222 g/mol. The second kappa shape index (κ2) is 4.86. The van der Waals surface area contributed by atoms with Crippen molar-refractivity contribution in [3.05, 3.63) is 12.3 Å². The van der Waals surface area contributed by atoms with Gasteiger partial charge in [-0.15, -0.1) is 0 Å². The number of alkyl carbamates (subject to hydrolysis) is 1. The minimum Gasteiger partial charge on any atom is -0.453 e. The summed E-state index contributed by atoms with van der Waals surface area (Å²) in [6.45, 7) is 1.46. The van der Waals surface area contributed by atoms with Crippen molar-refractivity contribution in [3.63, 3.8) is 0 Å². The van der Waals surface area contributed by atoms with Crippen molar-refractivity contribution in [2.45, 2.75) is 12.5 Å².